The lowest BCUT2D eigenvalue weighted by molar-refractivity contribution is -0.148. The second kappa shape index (κ2) is 9.89. The minimum atomic E-state index is -0.470. The van der Waals surface area contributed by atoms with Gasteiger partial charge in [-0.1, -0.05) is 6.58 Å². The largest absolute Gasteiger partial charge is 0.462 e. The number of ketones is 1. The van der Waals surface area contributed by atoms with E-state index in [1.54, 1.807) is 6.92 Å². The zero-order chi connectivity index (χ0) is 13.1. The van der Waals surface area contributed by atoms with Crippen molar-refractivity contribution in [2.45, 2.75) is 27.7 Å². The van der Waals surface area contributed by atoms with Gasteiger partial charge in [-0.3, -0.25) is 4.79 Å². The SMILES string of the molecule is C=C(C)C(=O)OCCOC(C)=O.CC(C)=O. The predicted octanol–water partition coefficient (Wildman–Crippen LogP) is 1.26. The summed E-state index contributed by atoms with van der Waals surface area (Å²) in [5.74, 6) is -0.691. The van der Waals surface area contributed by atoms with Gasteiger partial charge >= 0.3 is 11.9 Å². The number of hydrogen-bond donors (Lipinski definition) is 0. The smallest absolute Gasteiger partial charge is 0.333 e. The van der Waals surface area contributed by atoms with Crippen LogP contribution in [0.4, 0.5) is 0 Å². The highest BCUT2D eigenvalue weighted by molar-refractivity contribution is 5.86. The average Bonchev–Trinajstić information content (AvgIpc) is 2.10. The first-order chi connectivity index (χ1) is 7.27. The molecule has 0 aliphatic rings. The molecule has 0 fully saturated rings. The highest BCUT2D eigenvalue weighted by atomic mass is 16.6. The molecule has 0 radical (unpaired) electrons. The summed E-state index contributed by atoms with van der Waals surface area (Å²) in [4.78, 5) is 30.4. The summed E-state index contributed by atoms with van der Waals surface area (Å²) < 4.78 is 9.16. The first-order valence-corrected chi connectivity index (χ1v) is 4.70. The molecule has 0 N–H and O–H groups in total. The third kappa shape index (κ3) is 18.2. The molecule has 5 nitrogen and oxygen atoms in total. The molecule has 0 heterocycles. The fourth-order valence-electron chi connectivity index (χ4n) is 0.443. The zero-order valence-corrected chi connectivity index (χ0v) is 10.2. The van der Waals surface area contributed by atoms with Crippen LogP contribution in [0, 0.1) is 0 Å². The summed E-state index contributed by atoms with van der Waals surface area (Å²) in [6.07, 6.45) is 0. The molecule has 5 heteroatoms. The third-order valence-corrected chi connectivity index (χ3v) is 0.970. The molecule has 0 amide bonds. The molecular formula is C11H18O5. The van der Waals surface area contributed by atoms with Crippen LogP contribution in [0.25, 0.3) is 0 Å². The number of Topliss-reactive ketones (excluding diaryl/α,β-unsaturated/α-hetero) is 1. The van der Waals surface area contributed by atoms with Crippen molar-refractivity contribution in [2.24, 2.45) is 0 Å². The van der Waals surface area contributed by atoms with Crippen LogP contribution in [0.1, 0.15) is 27.7 Å². The van der Waals surface area contributed by atoms with E-state index < -0.39 is 5.97 Å². The van der Waals surface area contributed by atoms with E-state index in [1.165, 1.54) is 20.8 Å². The molecule has 0 rings (SSSR count). The molecule has 0 aliphatic heterocycles. The van der Waals surface area contributed by atoms with Crippen LogP contribution in [-0.4, -0.2) is 30.9 Å². The summed E-state index contributed by atoms with van der Waals surface area (Å²) in [5.41, 5.74) is 0.331. The lowest BCUT2D eigenvalue weighted by Crippen LogP contribution is -2.12. The maximum absolute atomic E-state index is 10.7. The van der Waals surface area contributed by atoms with E-state index in [2.05, 4.69) is 16.1 Å². The van der Waals surface area contributed by atoms with Crippen molar-refractivity contribution in [3.05, 3.63) is 12.2 Å². The van der Waals surface area contributed by atoms with Crippen molar-refractivity contribution >= 4 is 17.7 Å². The summed E-state index contributed by atoms with van der Waals surface area (Å²) >= 11 is 0. The maximum atomic E-state index is 10.7. The van der Waals surface area contributed by atoms with Gasteiger partial charge in [-0.2, -0.15) is 0 Å². The Bertz CT molecular complexity index is 264. The molecule has 0 aromatic heterocycles. The summed E-state index contributed by atoms with van der Waals surface area (Å²) in [6.45, 7) is 9.45. The van der Waals surface area contributed by atoms with Crippen molar-refractivity contribution < 1.29 is 23.9 Å². The number of carbonyl (C=O) groups is 3. The van der Waals surface area contributed by atoms with Crippen LogP contribution in [-0.2, 0) is 23.9 Å². The zero-order valence-electron chi connectivity index (χ0n) is 10.2. The van der Waals surface area contributed by atoms with Crippen LogP contribution in [0.5, 0.6) is 0 Å². The van der Waals surface area contributed by atoms with Crippen molar-refractivity contribution in [2.75, 3.05) is 13.2 Å². The van der Waals surface area contributed by atoms with Gasteiger partial charge in [0.05, 0.1) is 0 Å². The van der Waals surface area contributed by atoms with Crippen molar-refractivity contribution in [3.63, 3.8) is 0 Å². The fourth-order valence-corrected chi connectivity index (χ4v) is 0.443. The number of carbonyl (C=O) groups excluding carboxylic acids is 3. The molecule has 0 bridgehead atoms. The first-order valence-electron chi connectivity index (χ1n) is 4.70. The Balaban J connectivity index is 0. The normalized spacial score (nSPS) is 8.25. The minimum Gasteiger partial charge on any atom is -0.462 e. The molecule has 16 heavy (non-hydrogen) atoms. The highest BCUT2D eigenvalue weighted by Gasteiger charge is 2.02. The molecule has 0 saturated carbocycles. The van der Waals surface area contributed by atoms with Crippen LogP contribution in [0.15, 0.2) is 12.2 Å². The number of ether oxygens (including phenoxy) is 2. The van der Waals surface area contributed by atoms with Crippen LogP contribution < -0.4 is 0 Å². The Morgan fingerprint density at radius 1 is 0.938 bits per heavy atom. The topological polar surface area (TPSA) is 69.7 Å². The quantitative estimate of drug-likeness (QED) is 0.413. The van der Waals surface area contributed by atoms with Gasteiger partial charge in [0, 0.05) is 12.5 Å². The average molecular weight is 230 g/mol. The Labute approximate surface area is 95.4 Å². The summed E-state index contributed by atoms with van der Waals surface area (Å²) in [6, 6.07) is 0. The number of rotatable bonds is 4. The van der Waals surface area contributed by atoms with E-state index >= 15 is 0 Å². The molecule has 0 unspecified atom stereocenters. The lowest BCUT2D eigenvalue weighted by atomic mass is 10.4. The van der Waals surface area contributed by atoms with E-state index in [4.69, 9.17) is 0 Å². The van der Waals surface area contributed by atoms with Crippen molar-refractivity contribution in [3.8, 4) is 0 Å². The molecular weight excluding hydrogens is 212 g/mol. The van der Waals surface area contributed by atoms with Gasteiger partial charge in [-0.05, 0) is 20.8 Å². The van der Waals surface area contributed by atoms with Gasteiger partial charge in [0.15, 0.2) is 0 Å². The number of hydrogen-bond acceptors (Lipinski definition) is 5. The van der Waals surface area contributed by atoms with Gasteiger partial charge in [0.1, 0.15) is 19.0 Å². The van der Waals surface area contributed by atoms with E-state index in [0.29, 0.717) is 5.57 Å². The van der Waals surface area contributed by atoms with E-state index in [1.807, 2.05) is 0 Å². The second-order valence-corrected chi connectivity index (χ2v) is 3.16. The van der Waals surface area contributed by atoms with Crippen molar-refractivity contribution in [1.29, 1.82) is 0 Å². The Morgan fingerprint density at radius 2 is 1.31 bits per heavy atom. The van der Waals surface area contributed by atoms with Crippen LogP contribution in [0.2, 0.25) is 0 Å². The van der Waals surface area contributed by atoms with Crippen LogP contribution >= 0.6 is 0 Å². The highest BCUT2D eigenvalue weighted by Crippen LogP contribution is 1.91. The first kappa shape index (κ1) is 16.8. The molecule has 0 atom stereocenters. The fraction of sp³-hybridized carbons (Fsp3) is 0.545. The molecule has 92 valence electrons. The molecule has 0 spiro atoms. The Morgan fingerprint density at radius 3 is 1.62 bits per heavy atom. The maximum Gasteiger partial charge on any atom is 0.333 e. The predicted molar refractivity (Wildman–Crippen MR) is 58.8 cm³/mol. The molecule has 0 aromatic carbocycles. The van der Waals surface area contributed by atoms with Gasteiger partial charge in [0.25, 0.3) is 0 Å². The monoisotopic (exact) mass is 230 g/mol. The Kier molecular flexibility index (Phi) is 10.4. The van der Waals surface area contributed by atoms with E-state index in [9.17, 15) is 14.4 Å². The van der Waals surface area contributed by atoms with Gasteiger partial charge in [-0.15, -0.1) is 0 Å². The molecule has 0 aliphatic carbocycles. The van der Waals surface area contributed by atoms with Crippen LogP contribution in [0.3, 0.4) is 0 Å². The van der Waals surface area contributed by atoms with Gasteiger partial charge in [0.2, 0.25) is 0 Å². The molecule has 0 aromatic rings. The summed E-state index contributed by atoms with van der Waals surface area (Å²) in [7, 11) is 0. The summed E-state index contributed by atoms with van der Waals surface area (Å²) in [5, 5.41) is 0. The van der Waals surface area contributed by atoms with Gasteiger partial charge < -0.3 is 14.3 Å². The standard InChI is InChI=1S/C8H12O4.C3H6O/c1-6(2)8(10)12-5-4-11-7(3)9;1-3(2)4/h1,4-5H2,2-3H3;1-2H3. The molecule has 0 saturated heterocycles. The minimum absolute atomic E-state index is 0.0747. The van der Waals surface area contributed by atoms with E-state index in [-0.39, 0.29) is 25.0 Å². The lowest BCUT2D eigenvalue weighted by Gasteiger charge is -2.03. The third-order valence-electron chi connectivity index (χ3n) is 0.970. The van der Waals surface area contributed by atoms with E-state index in [0.717, 1.165) is 0 Å². The number of esters is 2. The Hall–Kier alpha value is -1.65. The van der Waals surface area contributed by atoms with Crippen molar-refractivity contribution in [1.82, 2.24) is 0 Å². The van der Waals surface area contributed by atoms with Gasteiger partial charge in [-0.25, -0.2) is 4.79 Å². The second-order valence-electron chi connectivity index (χ2n) is 3.16.